The number of likely N-dealkylation sites (N-methyl/N-ethyl adjacent to an activating group) is 1. The van der Waals surface area contributed by atoms with Gasteiger partial charge in [-0.05, 0) is 11.6 Å². The Labute approximate surface area is 113 Å². The molecule has 1 aromatic rings. The molecule has 0 bridgehead atoms. The van der Waals surface area contributed by atoms with E-state index in [2.05, 4.69) is 0 Å². The quantitative estimate of drug-likeness (QED) is 0.479. The van der Waals surface area contributed by atoms with Crippen LogP contribution in [0.1, 0.15) is 5.56 Å². The molecule has 0 aromatic heterocycles. The van der Waals surface area contributed by atoms with Gasteiger partial charge >= 0.3 is 6.03 Å². The van der Waals surface area contributed by atoms with Crippen molar-refractivity contribution in [1.82, 2.24) is 9.80 Å². The van der Waals surface area contributed by atoms with Crippen molar-refractivity contribution in [3.63, 3.8) is 0 Å². The number of halogens is 1. The monoisotopic (exact) mass is 283 g/mol. The molecule has 1 aromatic carbocycles. The maximum Gasteiger partial charge on any atom is 0.327 e. The Kier molecular flexibility index (Phi) is 3.39. The van der Waals surface area contributed by atoms with Gasteiger partial charge in [0.2, 0.25) is 0 Å². The first-order valence-corrected chi connectivity index (χ1v) is 5.76. The van der Waals surface area contributed by atoms with Crippen LogP contribution in [0.15, 0.2) is 18.2 Å². The van der Waals surface area contributed by atoms with Crippen LogP contribution in [0.25, 0.3) is 0 Å². The number of nitro benzene ring substituents is 1. The van der Waals surface area contributed by atoms with Crippen LogP contribution >= 0.6 is 11.6 Å². The third kappa shape index (κ3) is 2.50. The molecule has 2 rings (SSSR count). The molecule has 7 nitrogen and oxygen atoms in total. The third-order valence-electron chi connectivity index (χ3n) is 2.81. The Hall–Kier alpha value is -2.15. The zero-order chi connectivity index (χ0) is 14.2. The Morgan fingerprint density at radius 2 is 2.11 bits per heavy atom. The number of urea groups is 1. The van der Waals surface area contributed by atoms with E-state index < -0.39 is 11.0 Å². The van der Waals surface area contributed by atoms with E-state index in [0.717, 1.165) is 4.90 Å². The fourth-order valence-electron chi connectivity index (χ4n) is 1.77. The highest BCUT2D eigenvalue weighted by Gasteiger charge is 2.33. The Bertz CT molecular complexity index is 575. The van der Waals surface area contributed by atoms with Gasteiger partial charge in [0.1, 0.15) is 6.54 Å². The first-order valence-electron chi connectivity index (χ1n) is 5.38. The number of amides is 3. The lowest BCUT2D eigenvalue weighted by molar-refractivity contribution is -0.384. The summed E-state index contributed by atoms with van der Waals surface area (Å²) in [7, 11) is 1.53. The van der Waals surface area contributed by atoms with Crippen molar-refractivity contribution in [1.29, 1.82) is 0 Å². The van der Waals surface area contributed by atoms with E-state index in [1.54, 1.807) is 0 Å². The molecule has 0 spiro atoms. The van der Waals surface area contributed by atoms with Crippen molar-refractivity contribution in [3.05, 3.63) is 38.9 Å². The van der Waals surface area contributed by atoms with Gasteiger partial charge in [-0.2, -0.15) is 0 Å². The summed E-state index contributed by atoms with van der Waals surface area (Å²) < 4.78 is 0. The molecule has 1 fully saturated rings. The predicted molar refractivity (Wildman–Crippen MR) is 66.7 cm³/mol. The molecular weight excluding hydrogens is 274 g/mol. The molecule has 1 heterocycles. The van der Waals surface area contributed by atoms with Crippen LogP contribution in [0.2, 0.25) is 5.02 Å². The van der Waals surface area contributed by atoms with Crippen molar-refractivity contribution in [2.75, 3.05) is 13.6 Å². The Morgan fingerprint density at radius 1 is 1.42 bits per heavy atom. The number of nitrogens with zero attached hydrogens (tertiary/aromatic N) is 3. The number of nitro groups is 1. The molecule has 1 saturated heterocycles. The smallest absolute Gasteiger partial charge is 0.318 e. The van der Waals surface area contributed by atoms with Crippen molar-refractivity contribution >= 4 is 29.2 Å². The van der Waals surface area contributed by atoms with Gasteiger partial charge < -0.3 is 4.90 Å². The van der Waals surface area contributed by atoms with Crippen LogP contribution in [0.4, 0.5) is 10.5 Å². The second-order valence-electron chi connectivity index (χ2n) is 4.15. The summed E-state index contributed by atoms with van der Waals surface area (Å²) in [6.45, 7) is 0.0439. The van der Waals surface area contributed by atoms with Crippen molar-refractivity contribution in [2.45, 2.75) is 6.54 Å². The average molecular weight is 284 g/mol. The van der Waals surface area contributed by atoms with Gasteiger partial charge in [-0.3, -0.25) is 19.8 Å². The maximum absolute atomic E-state index is 11.7. The standard InChI is InChI=1S/C11H10ClN3O4/c1-13-6-10(16)14(11(13)17)5-7-2-3-8(15(18)19)4-9(7)12/h2-4H,5-6H2,1H3. The molecule has 100 valence electrons. The maximum atomic E-state index is 11.7. The Morgan fingerprint density at radius 3 is 2.58 bits per heavy atom. The molecule has 1 aliphatic heterocycles. The summed E-state index contributed by atoms with van der Waals surface area (Å²) in [6, 6.07) is 3.53. The highest BCUT2D eigenvalue weighted by atomic mass is 35.5. The number of hydrogen-bond donors (Lipinski definition) is 0. The van der Waals surface area contributed by atoms with Crippen LogP contribution < -0.4 is 0 Å². The van der Waals surface area contributed by atoms with E-state index in [0.29, 0.717) is 5.56 Å². The van der Waals surface area contributed by atoms with E-state index in [1.807, 2.05) is 0 Å². The van der Waals surface area contributed by atoms with E-state index in [4.69, 9.17) is 11.6 Å². The molecule has 0 aliphatic carbocycles. The van der Waals surface area contributed by atoms with Gasteiger partial charge in [0.05, 0.1) is 16.5 Å². The normalized spacial score (nSPS) is 15.3. The molecule has 0 N–H and O–H groups in total. The van der Waals surface area contributed by atoms with E-state index >= 15 is 0 Å². The van der Waals surface area contributed by atoms with Crippen LogP contribution in [0.5, 0.6) is 0 Å². The summed E-state index contributed by atoms with van der Waals surface area (Å²) in [4.78, 5) is 35.7. The number of carbonyl (C=O) groups excluding carboxylic acids is 2. The average Bonchev–Trinajstić information content (AvgIpc) is 2.58. The first-order chi connectivity index (χ1) is 8.90. The topological polar surface area (TPSA) is 83.8 Å². The number of benzene rings is 1. The number of hydrogen-bond acceptors (Lipinski definition) is 4. The van der Waals surface area contributed by atoms with E-state index in [-0.39, 0.29) is 29.7 Å². The summed E-state index contributed by atoms with van der Waals surface area (Å²) >= 11 is 5.92. The minimum absolute atomic E-state index is 0.0127. The summed E-state index contributed by atoms with van der Waals surface area (Å²) in [5.74, 6) is -0.318. The van der Waals surface area contributed by atoms with Crippen molar-refractivity contribution < 1.29 is 14.5 Å². The lowest BCUT2D eigenvalue weighted by Gasteiger charge is -2.14. The molecule has 3 amide bonds. The number of imide groups is 1. The summed E-state index contributed by atoms with van der Waals surface area (Å²) in [6.07, 6.45) is 0. The van der Waals surface area contributed by atoms with Crippen molar-refractivity contribution in [3.8, 4) is 0 Å². The van der Waals surface area contributed by atoms with E-state index in [1.165, 1.54) is 30.1 Å². The zero-order valence-corrected chi connectivity index (χ0v) is 10.8. The predicted octanol–water partition coefficient (Wildman–Crippen LogP) is 1.64. The molecule has 0 saturated carbocycles. The van der Waals surface area contributed by atoms with Gasteiger partial charge in [0.25, 0.3) is 11.6 Å². The SMILES string of the molecule is CN1CC(=O)N(Cc2ccc([N+](=O)[O-])cc2Cl)C1=O. The third-order valence-corrected chi connectivity index (χ3v) is 3.16. The minimum Gasteiger partial charge on any atom is -0.318 e. The van der Waals surface area contributed by atoms with Crippen LogP contribution in [0, 0.1) is 10.1 Å². The lowest BCUT2D eigenvalue weighted by atomic mass is 10.2. The lowest BCUT2D eigenvalue weighted by Crippen LogP contribution is -2.31. The summed E-state index contributed by atoms with van der Waals surface area (Å²) in [5.41, 5.74) is 0.356. The van der Waals surface area contributed by atoms with Crippen LogP contribution in [0.3, 0.4) is 0 Å². The number of carbonyl (C=O) groups is 2. The molecule has 8 heteroatoms. The molecule has 19 heavy (non-hydrogen) atoms. The minimum atomic E-state index is -0.560. The number of non-ortho nitro benzene ring substituents is 1. The van der Waals surface area contributed by atoms with Gasteiger partial charge in [0.15, 0.2) is 0 Å². The zero-order valence-electron chi connectivity index (χ0n) is 10.00. The Balaban J connectivity index is 2.22. The molecule has 0 unspecified atom stereocenters. The van der Waals surface area contributed by atoms with Crippen LogP contribution in [-0.4, -0.2) is 40.3 Å². The van der Waals surface area contributed by atoms with Gasteiger partial charge in [-0.15, -0.1) is 0 Å². The number of rotatable bonds is 3. The van der Waals surface area contributed by atoms with Crippen molar-refractivity contribution in [2.24, 2.45) is 0 Å². The fraction of sp³-hybridized carbons (Fsp3) is 0.273. The molecule has 0 radical (unpaired) electrons. The van der Waals surface area contributed by atoms with Gasteiger partial charge in [-0.25, -0.2) is 4.79 Å². The highest BCUT2D eigenvalue weighted by molar-refractivity contribution is 6.31. The molecular formula is C11H10ClN3O4. The fourth-order valence-corrected chi connectivity index (χ4v) is 2.01. The molecule has 0 atom stereocenters. The van der Waals surface area contributed by atoms with Gasteiger partial charge in [-0.1, -0.05) is 11.6 Å². The molecule has 1 aliphatic rings. The second-order valence-corrected chi connectivity index (χ2v) is 4.56. The van der Waals surface area contributed by atoms with E-state index in [9.17, 15) is 19.7 Å². The highest BCUT2D eigenvalue weighted by Crippen LogP contribution is 2.24. The van der Waals surface area contributed by atoms with Gasteiger partial charge in [0, 0.05) is 19.2 Å². The summed E-state index contributed by atoms with van der Waals surface area (Å²) in [5, 5.41) is 10.7. The largest absolute Gasteiger partial charge is 0.327 e. The first kappa shape index (κ1) is 13.3. The second kappa shape index (κ2) is 4.85. The van der Waals surface area contributed by atoms with Crippen LogP contribution in [-0.2, 0) is 11.3 Å².